The maximum absolute atomic E-state index is 13.0. The molecule has 0 aromatic heterocycles. The third kappa shape index (κ3) is 6.24. The molecule has 1 aliphatic rings. The summed E-state index contributed by atoms with van der Waals surface area (Å²) in [5.41, 5.74) is 0. The molecule has 1 aromatic rings. The molecular weight excluding hydrogens is 399 g/mol. The van der Waals surface area contributed by atoms with E-state index in [1.807, 2.05) is 13.8 Å². The number of sulfonamides is 1. The summed E-state index contributed by atoms with van der Waals surface area (Å²) in [5.74, 6) is -1.26. The van der Waals surface area contributed by atoms with Crippen LogP contribution >= 0.6 is 0 Å². The SMILES string of the molecule is CC1CCCC(C)N1C(=O)COC(=O)CCCN(C)S(=O)(=O)c1ccc(F)cc1. The van der Waals surface area contributed by atoms with Crippen LogP contribution in [-0.4, -0.2) is 61.8 Å². The van der Waals surface area contributed by atoms with Gasteiger partial charge >= 0.3 is 5.97 Å². The first kappa shape index (κ1) is 23.3. The van der Waals surface area contributed by atoms with Crippen molar-refractivity contribution in [3.05, 3.63) is 30.1 Å². The highest BCUT2D eigenvalue weighted by atomic mass is 32.2. The average molecular weight is 429 g/mol. The van der Waals surface area contributed by atoms with Gasteiger partial charge in [-0.15, -0.1) is 0 Å². The molecule has 162 valence electrons. The first-order valence-electron chi connectivity index (χ1n) is 9.81. The number of amides is 1. The van der Waals surface area contributed by atoms with Crippen molar-refractivity contribution in [2.75, 3.05) is 20.2 Å². The second-order valence-corrected chi connectivity index (χ2v) is 9.52. The summed E-state index contributed by atoms with van der Waals surface area (Å²) in [4.78, 5) is 26.0. The first-order chi connectivity index (χ1) is 13.6. The van der Waals surface area contributed by atoms with Crippen molar-refractivity contribution < 1.29 is 27.1 Å². The lowest BCUT2D eigenvalue weighted by Crippen LogP contribution is -2.49. The lowest BCUT2D eigenvalue weighted by Gasteiger charge is -2.38. The zero-order valence-electron chi connectivity index (χ0n) is 17.1. The summed E-state index contributed by atoms with van der Waals surface area (Å²) >= 11 is 0. The molecule has 29 heavy (non-hydrogen) atoms. The van der Waals surface area contributed by atoms with Crippen molar-refractivity contribution in [1.82, 2.24) is 9.21 Å². The summed E-state index contributed by atoms with van der Waals surface area (Å²) in [6.45, 7) is 3.79. The highest BCUT2D eigenvalue weighted by molar-refractivity contribution is 7.89. The molecule has 7 nitrogen and oxygen atoms in total. The van der Waals surface area contributed by atoms with E-state index in [1.165, 1.54) is 19.2 Å². The van der Waals surface area contributed by atoms with Crippen LogP contribution in [0.2, 0.25) is 0 Å². The zero-order valence-corrected chi connectivity index (χ0v) is 18.0. The van der Waals surface area contributed by atoms with E-state index in [2.05, 4.69) is 0 Å². The summed E-state index contributed by atoms with van der Waals surface area (Å²) in [5, 5.41) is 0. The Hall–Kier alpha value is -2.00. The minimum Gasteiger partial charge on any atom is -0.456 e. The molecule has 2 unspecified atom stereocenters. The van der Waals surface area contributed by atoms with Gasteiger partial charge in [-0.2, -0.15) is 0 Å². The summed E-state index contributed by atoms with van der Waals surface area (Å²) in [7, 11) is -2.36. The molecule has 1 heterocycles. The van der Waals surface area contributed by atoms with Crippen LogP contribution in [0.3, 0.4) is 0 Å². The van der Waals surface area contributed by atoms with E-state index in [9.17, 15) is 22.4 Å². The first-order valence-corrected chi connectivity index (χ1v) is 11.3. The van der Waals surface area contributed by atoms with Crippen LogP contribution in [0, 0.1) is 5.82 Å². The second-order valence-electron chi connectivity index (χ2n) is 7.47. The monoisotopic (exact) mass is 428 g/mol. The van der Waals surface area contributed by atoms with Crippen LogP contribution in [0.15, 0.2) is 29.2 Å². The number of carbonyl (C=O) groups excluding carboxylic acids is 2. The fourth-order valence-electron chi connectivity index (χ4n) is 3.55. The van der Waals surface area contributed by atoms with E-state index in [-0.39, 0.29) is 48.9 Å². The molecule has 1 saturated heterocycles. The average Bonchev–Trinajstić information content (AvgIpc) is 2.66. The van der Waals surface area contributed by atoms with Crippen LogP contribution in [0.5, 0.6) is 0 Å². The Kier molecular flexibility index (Phi) is 8.15. The smallest absolute Gasteiger partial charge is 0.306 e. The summed E-state index contributed by atoms with van der Waals surface area (Å²) in [6, 6.07) is 4.83. The maximum atomic E-state index is 13.0. The molecule has 1 amide bonds. The Morgan fingerprint density at radius 1 is 1.17 bits per heavy atom. The molecule has 1 aromatic carbocycles. The lowest BCUT2D eigenvalue weighted by molar-refractivity contribution is -0.154. The molecule has 2 atom stereocenters. The number of ether oxygens (including phenoxy) is 1. The van der Waals surface area contributed by atoms with Crippen LogP contribution in [0.4, 0.5) is 4.39 Å². The van der Waals surface area contributed by atoms with Crippen LogP contribution in [0.1, 0.15) is 46.0 Å². The van der Waals surface area contributed by atoms with Crippen LogP contribution in [0.25, 0.3) is 0 Å². The van der Waals surface area contributed by atoms with Crippen molar-refractivity contribution in [2.45, 2.75) is 62.9 Å². The molecular formula is C20H29FN2O5S. The van der Waals surface area contributed by atoms with Crippen molar-refractivity contribution in [3.63, 3.8) is 0 Å². The third-order valence-electron chi connectivity index (χ3n) is 5.21. The predicted octanol–water partition coefficient (Wildman–Crippen LogP) is 2.56. The molecule has 0 N–H and O–H groups in total. The number of esters is 1. The van der Waals surface area contributed by atoms with Crippen molar-refractivity contribution in [1.29, 1.82) is 0 Å². The van der Waals surface area contributed by atoms with Crippen molar-refractivity contribution in [2.24, 2.45) is 0 Å². The lowest BCUT2D eigenvalue weighted by atomic mass is 9.97. The second kappa shape index (κ2) is 10.2. The quantitative estimate of drug-likeness (QED) is 0.594. The van der Waals surface area contributed by atoms with Gasteiger partial charge in [-0.25, -0.2) is 17.1 Å². The molecule has 0 bridgehead atoms. The third-order valence-corrected chi connectivity index (χ3v) is 7.08. The molecule has 0 spiro atoms. The number of likely N-dealkylation sites (tertiary alicyclic amines) is 1. The Labute approximate surface area is 171 Å². The molecule has 0 saturated carbocycles. The van der Waals surface area contributed by atoms with Gasteiger partial charge in [-0.1, -0.05) is 0 Å². The summed E-state index contributed by atoms with van der Waals surface area (Å²) < 4.78 is 44.0. The minimum atomic E-state index is -3.75. The number of halogens is 1. The number of piperidine rings is 1. The number of benzene rings is 1. The van der Waals surface area contributed by atoms with Gasteiger partial charge in [0.25, 0.3) is 5.91 Å². The largest absolute Gasteiger partial charge is 0.456 e. The Bertz CT molecular complexity index is 803. The zero-order chi connectivity index (χ0) is 21.6. The fourth-order valence-corrected chi connectivity index (χ4v) is 4.76. The van der Waals surface area contributed by atoms with Crippen LogP contribution < -0.4 is 0 Å². The van der Waals surface area contributed by atoms with Crippen LogP contribution in [-0.2, 0) is 24.3 Å². The predicted molar refractivity (Wildman–Crippen MR) is 106 cm³/mol. The normalized spacial score (nSPS) is 20.0. The Balaban J connectivity index is 1.76. The van der Waals surface area contributed by atoms with Gasteiger partial charge < -0.3 is 9.64 Å². The van der Waals surface area contributed by atoms with E-state index in [1.54, 1.807) is 4.90 Å². The molecule has 2 rings (SSSR count). The fraction of sp³-hybridized carbons (Fsp3) is 0.600. The topological polar surface area (TPSA) is 84.0 Å². The number of hydrogen-bond acceptors (Lipinski definition) is 5. The van der Waals surface area contributed by atoms with Gasteiger partial charge in [0, 0.05) is 32.1 Å². The maximum Gasteiger partial charge on any atom is 0.306 e. The number of nitrogens with zero attached hydrogens (tertiary/aromatic N) is 2. The molecule has 9 heteroatoms. The van der Waals surface area contributed by atoms with E-state index in [0.29, 0.717) is 0 Å². The molecule has 0 radical (unpaired) electrons. The minimum absolute atomic E-state index is 0.00165. The van der Waals surface area contributed by atoms with E-state index in [0.717, 1.165) is 35.7 Å². The van der Waals surface area contributed by atoms with Gasteiger partial charge in [0.1, 0.15) is 5.82 Å². The van der Waals surface area contributed by atoms with Gasteiger partial charge in [0.05, 0.1) is 4.90 Å². The Morgan fingerprint density at radius 3 is 2.34 bits per heavy atom. The number of rotatable bonds is 8. The molecule has 0 aliphatic carbocycles. The molecule has 1 fully saturated rings. The van der Waals surface area contributed by atoms with E-state index < -0.39 is 21.8 Å². The van der Waals surface area contributed by atoms with Crippen molar-refractivity contribution >= 4 is 21.9 Å². The van der Waals surface area contributed by atoms with Gasteiger partial charge in [-0.3, -0.25) is 9.59 Å². The van der Waals surface area contributed by atoms with E-state index >= 15 is 0 Å². The number of carbonyl (C=O) groups is 2. The van der Waals surface area contributed by atoms with Gasteiger partial charge in [0.15, 0.2) is 6.61 Å². The Morgan fingerprint density at radius 2 is 1.76 bits per heavy atom. The standard InChI is InChI=1S/C20H29FN2O5S/c1-15-6-4-7-16(2)23(15)19(24)14-28-20(25)8-5-13-22(3)29(26,27)18-11-9-17(21)10-12-18/h9-12,15-16H,4-8,13-14H2,1-3H3. The highest BCUT2D eigenvalue weighted by Gasteiger charge is 2.29. The van der Waals surface area contributed by atoms with Gasteiger partial charge in [-0.05, 0) is 63.8 Å². The van der Waals surface area contributed by atoms with Gasteiger partial charge in [0.2, 0.25) is 10.0 Å². The highest BCUT2D eigenvalue weighted by Crippen LogP contribution is 2.22. The van der Waals surface area contributed by atoms with E-state index in [4.69, 9.17) is 4.74 Å². The molecule has 1 aliphatic heterocycles. The van der Waals surface area contributed by atoms with Crippen molar-refractivity contribution in [3.8, 4) is 0 Å². The number of hydrogen-bond donors (Lipinski definition) is 0. The summed E-state index contributed by atoms with van der Waals surface area (Å²) in [6.07, 6.45) is 3.22.